The van der Waals surface area contributed by atoms with Crippen LogP contribution in [0.2, 0.25) is 0 Å². The van der Waals surface area contributed by atoms with Crippen LogP contribution in [0.5, 0.6) is 5.75 Å². The van der Waals surface area contributed by atoms with Crippen LogP contribution in [0.4, 0.5) is 5.82 Å². The molecule has 6 heterocycles. The van der Waals surface area contributed by atoms with E-state index in [9.17, 15) is 5.26 Å². The average Bonchev–Trinajstić information content (AvgIpc) is 3.26. The van der Waals surface area contributed by atoms with Gasteiger partial charge in [0, 0.05) is 42.5 Å². The Morgan fingerprint density at radius 1 is 1.06 bits per heavy atom. The summed E-state index contributed by atoms with van der Waals surface area (Å²) in [5, 5.41) is 17.5. The molecule has 4 aromatic rings. The van der Waals surface area contributed by atoms with Gasteiger partial charge >= 0.3 is 0 Å². The van der Waals surface area contributed by atoms with Crippen LogP contribution in [0.15, 0.2) is 67.1 Å². The summed E-state index contributed by atoms with van der Waals surface area (Å²) in [6.07, 6.45) is 6.56. The lowest BCUT2D eigenvalue weighted by molar-refractivity contribution is 0.225. The number of hydrogen-bond donors (Lipinski definition) is 1. The maximum Gasteiger partial charge on any atom is 0.138 e. The number of hydrogen-bond acceptors (Lipinski definition) is 6. The zero-order valence-corrected chi connectivity index (χ0v) is 19.9. The van der Waals surface area contributed by atoms with Gasteiger partial charge in [0.2, 0.25) is 0 Å². The monoisotopic (exact) mass is 494 g/mol. The number of benzene rings is 1. The van der Waals surface area contributed by atoms with E-state index in [0.717, 1.165) is 41.1 Å². The Balaban J connectivity index is 0.00000137. The minimum absolute atomic E-state index is 0. The van der Waals surface area contributed by atoms with Crippen LogP contribution in [0.1, 0.15) is 17.5 Å². The quantitative estimate of drug-likeness (QED) is 0.446. The molecule has 34 heavy (non-hydrogen) atoms. The molecule has 0 aliphatic carbocycles. The summed E-state index contributed by atoms with van der Waals surface area (Å²) >= 11 is 0. The number of pyridine rings is 2. The van der Waals surface area contributed by atoms with Gasteiger partial charge in [-0.05, 0) is 30.2 Å². The van der Waals surface area contributed by atoms with Crippen molar-refractivity contribution in [3.63, 3.8) is 0 Å². The van der Waals surface area contributed by atoms with E-state index < -0.39 is 0 Å². The summed E-state index contributed by atoms with van der Waals surface area (Å²) in [4.78, 5) is 7.09. The van der Waals surface area contributed by atoms with E-state index in [1.807, 2.05) is 48.8 Å². The predicted octanol–water partition coefficient (Wildman–Crippen LogP) is 4.24. The van der Waals surface area contributed by atoms with Crippen molar-refractivity contribution in [1.29, 1.82) is 5.26 Å². The number of rotatable bonds is 5. The Hall–Kier alpha value is -3.31. The molecule has 3 saturated heterocycles. The molecule has 1 N–H and O–H groups in total. The molecule has 0 radical (unpaired) electrons. The second-order valence-electron chi connectivity index (χ2n) is 8.43. The van der Waals surface area contributed by atoms with Crippen molar-refractivity contribution in [2.75, 3.05) is 18.0 Å². The van der Waals surface area contributed by atoms with Crippen LogP contribution >= 0.6 is 24.8 Å². The fraction of sp³-hybridized carbons (Fsp3) is 0.240. The van der Waals surface area contributed by atoms with Gasteiger partial charge in [-0.15, -0.1) is 24.8 Å². The molecule has 2 atom stereocenters. The molecule has 7 rings (SSSR count). The van der Waals surface area contributed by atoms with E-state index in [-0.39, 0.29) is 24.8 Å². The summed E-state index contributed by atoms with van der Waals surface area (Å²) in [5.41, 5.74) is 4.19. The lowest BCUT2D eigenvalue weighted by Crippen LogP contribution is -2.67. The Morgan fingerprint density at radius 3 is 2.50 bits per heavy atom. The molecule has 3 aliphatic heterocycles. The van der Waals surface area contributed by atoms with Crippen molar-refractivity contribution in [2.24, 2.45) is 0 Å². The fourth-order valence-corrected chi connectivity index (χ4v) is 4.65. The van der Waals surface area contributed by atoms with Crippen molar-refractivity contribution in [1.82, 2.24) is 19.9 Å². The van der Waals surface area contributed by atoms with E-state index >= 15 is 0 Å². The van der Waals surface area contributed by atoms with Crippen LogP contribution < -0.4 is 15.0 Å². The SMILES string of the molecule is Cl.Cl.N#Cc1cnn2cc(OCc3ccccc3)cc(-c3ccc(N4CC5CC(C4)N5)nc3)c12. The van der Waals surface area contributed by atoms with E-state index in [1.165, 1.54) is 6.42 Å². The number of ether oxygens (including phenoxy) is 1. The second-order valence-corrected chi connectivity index (χ2v) is 8.43. The van der Waals surface area contributed by atoms with E-state index in [1.54, 1.807) is 10.7 Å². The highest BCUT2D eigenvalue weighted by Gasteiger charge is 2.36. The van der Waals surface area contributed by atoms with Gasteiger partial charge in [-0.2, -0.15) is 10.4 Å². The first-order valence-electron chi connectivity index (χ1n) is 10.8. The molecular formula is C25H24Cl2N6O. The van der Waals surface area contributed by atoms with Gasteiger partial charge in [0.05, 0.1) is 23.5 Å². The molecule has 3 fully saturated rings. The first-order valence-corrected chi connectivity index (χ1v) is 10.8. The van der Waals surface area contributed by atoms with Gasteiger partial charge in [0.25, 0.3) is 0 Å². The molecule has 0 spiro atoms. The number of nitrogens with zero attached hydrogens (tertiary/aromatic N) is 5. The summed E-state index contributed by atoms with van der Waals surface area (Å²) in [5.74, 6) is 1.68. The Morgan fingerprint density at radius 2 is 1.82 bits per heavy atom. The molecule has 1 aromatic carbocycles. The largest absolute Gasteiger partial charge is 0.487 e. The number of piperidine rings is 1. The lowest BCUT2D eigenvalue weighted by Gasteiger charge is -2.48. The van der Waals surface area contributed by atoms with Crippen LogP contribution in [-0.2, 0) is 6.61 Å². The fourth-order valence-electron chi connectivity index (χ4n) is 4.65. The topological polar surface area (TPSA) is 78.5 Å². The third kappa shape index (κ3) is 4.40. The van der Waals surface area contributed by atoms with Gasteiger partial charge in [-0.25, -0.2) is 9.50 Å². The minimum atomic E-state index is 0. The van der Waals surface area contributed by atoms with Crippen LogP contribution in [0, 0.1) is 11.3 Å². The number of piperazine rings is 1. The number of halogens is 2. The third-order valence-electron chi connectivity index (χ3n) is 6.26. The molecule has 0 amide bonds. The number of anilines is 1. The average molecular weight is 495 g/mol. The minimum Gasteiger partial charge on any atom is -0.487 e. The maximum absolute atomic E-state index is 9.60. The van der Waals surface area contributed by atoms with Gasteiger partial charge in [0.15, 0.2) is 0 Å². The molecule has 0 saturated carbocycles. The van der Waals surface area contributed by atoms with Crippen molar-refractivity contribution < 1.29 is 4.74 Å². The van der Waals surface area contributed by atoms with E-state index in [2.05, 4.69) is 33.5 Å². The molecule has 9 heteroatoms. The van der Waals surface area contributed by atoms with Gasteiger partial charge < -0.3 is 15.0 Å². The van der Waals surface area contributed by atoms with Crippen molar-refractivity contribution in [3.05, 3.63) is 78.2 Å². The predicted molar refractivity (Wildman–Crippen MR) is 136 cm³/mol. The molecule has 7 nitrogen and oxygen atoms in total. The normalized spacial score (nSPS) is 18.3. The first-order chi connectivity index (χ1) is 15.8. The number of nitriles is 1. The van der Waals surface area contributed by atoms with Crippen LogP contribution in [0.25, 0.3) is 16.6 Å². The molecule has 2 unspecified atom stereocenters. The highest BCUT2D eigenvalue weighted by Crippen LogP contribution is 2.32. The number of nitrogens with one attached hydrogen (secondary N) is 1. The zero-order chi connectivity index (χ0) is 21.5. The van der Waals surface area contributed by atoms with Crippen molar-refractivity contribution in [3.8, 4) is 22.9 Å². The summed E-state index contributed by atoms with van der Waals surface area (Å²) in [6.45, 7) is 2.45. The smallest absolute Gasteiger partial charge is 0.138 e. The second kappa shape index (κ2) is 9.90. The molecule has 2 bridgehead atoms. The highest BCUT2D eigenvalue weighted by atomic mass is 35.5. The number of fused-ring (bicyclic) bond motifs is 3. The molecule has 3 aromatic heterocycles. The first kappa shape index (κ1) is 23.8. The van der Waals surface area contributed by atoms with Crippen molar-refractivity contribution in [2.45, 2.75) is 25.1 Å². The van der Waals surface area contributed by atoms with E-state index in [0.29, 0.717) is 30.0 Å². The Labute approximate surface area is 210 Å². The van der Waals surface area contributed by atoms with Gasteiger partial charge in [-0.1, -0.05) is 30.3 Å². The summed E-state index contributed by atoms with van der Waals surface area (Å²) in [7, 11) is 0. The lowest BCUT2D eigenvalue weighted by atomic mass is 9.91. The molecule has 3 aliphatic rings. The maximum atomic E-state index is 9.60. The van der Waals surface area contributed by atoms with Gasteiger partial charge in [-0.3, -0.25) is 0 Å². The van der Waals surface area contributed by atoms with E-state index in [4.69, 9.17) is 9.72 Å². The third-order valence-corrected chi connectivity index (χ3v) is 6.26. The summed E-state index contributed by atoms with van der Waals surface area (Å²) < 4.78 is 7.78. The standard InChI is InChI=1S/C25H22N6O.2ClH/c26-10-19-12-28-31-15-22(32-16-17-4-2-1-3-5-17)9-23(25(19)31)18-6-7-24(27-11-18)30-13-20-8-21(14-30)29-20;;/h1-7,9,11-12,15,20-21,29H,8,13-14,16H2;2*1H. The zero-order valence-electron chi connectivity index (χ0n) is 18.3. The Bertz CT molecular complexity index is 1300. The van der Waals surface area contributed by atoms with Gasteiger partial charge in [0.1, 0.15) is 24.2 Å². The van der Waals surface area contributed by atoms with Crippen LogP contribution in [-0.4, -0.2) is 39.8 Å². The highest BCUT2D eigenvalue weighted by molar-refractivity contribution is 5.86. The van der Waals surface area contributed by atoms with Crippen LogP contribution in [0.3, 0.4) is 0 Å². The molecular weight excluding hydrogens is 471 g/mol. The molecule has 174 valence electrons. The Kier molecular flexibility index (Phi) is 6.94. The van der Waals surface area contributed by atoms with Crippen molar-refractivity contribution >= 4 is 36.1 Å². The summed E-state index contributed by atoms with van der Waals surface area (Å²) in [6, 6.07) is 19.6. The number of aromatic nitrogens is 3.